The molecule has 0 saturated carbocycles. The van der Waals surface area contributed by atoms with Crippen molar-refractivity contribution in [3.8, 4) is 5.75 Å². The Labute approximate surface area is 165 Å². The number of benzene rings is 1. The molecule has 0 aromatic heterocycles. The van der Waals surface area contributed by atoms with Crippen molar-refractivity contribution in [3.63, 3.8) is 0 Å². The second-order valence-electron chi connectivity index (χ2n) is 7.57. The van der Waals surface area contributed by atoms with Crippen LogP contribution in [0.3, 0.4) is 0 Å². The summed E-state index contributed by atoms with van der Waals surface area (Å²) in [6.07, 6.45) is 3.72. The van der Waals surface area contributed by atoms with Crippen LogP contribution in [0, 0.1) is 11.8 Å². The molecule has 2 heterocycles. The van der Waals surface area contributed by atoms with Crippen LogP contribution in [-0.4, -0.2) is 55.0 Å². The first kappa shape index (κ1) is 19.8. The third-order valence-electron chi connectivity index (χ3n) is 5.50. The Bertz CT molecular complexity index is 689. The molecule has 2 aliphatic rings. The Morgan fingerprint density at radius 1 is 1.15 bits per heavy atom. The molecule has 1 aromatic carbocycles. The highest BCUT2D eigenvalue weighted by Gasteiger charge is 2.31. The van der Waals surface area contributed by atoms with Crippen LogP contribution < -0.4 is 10.1 Å². The van der Waals surface area contributed by atoms with E-state index < -0.39 is 0 Å². The van der Waals surface area contributed by atoms with Gasteiger partial charge in [-0.15, -0.1) is 0 Å². The highest BCUT2D eigenvalue weighted by molar-refractivity contribution is 6.31. The molecule has 1 aromatic rings. The second kappa shape index (κ2) is 8.83. The van der Waals surface area contributed by atoms with Crippen molar-refractivity contribution in [2.75, 3.05) is 38.6 Å². The first-order valence-electron chi connectivity index (χ1n) is 9.66. The van der Waals surface area contributed by atoms with E-state index in [-0.39, 0.29) is 17.9 Å². The van der Waals surface area contributed by atoms with E-state index in [1.54, 1.807) is 30.2 Å². The van der Waals surface area contributed by atoms with Gasteiger partial charge in [0.05, 0.1) is 12.8 Å². The summed E-state index contributed by atoms with van der Waals surface area (Å²) in [6.45, 7) is 5.10. The lowest BCUT2D eigenvalue weighted by molar-refractivity contribution is -0.138. The lowest BCUT2D eigenvalue weighted by Gasteiger charge is -2.37. The van der Waals surface area contributed by atoms with Gasteiger partial charge in [-0.2, -0.15) is 0 Å². The third-order valence-corrected chi connectivity index (χ3v) is 5.74. The maximum atomic E-state index is 12.8. The zero-order valence-corrected chi connectivity index (χ0v) is 16.8. The largest absolute Gasteiger partial charge is 0.495 e. The number of hydrogen-bond donors (Lipinski definition) is 1. The fourth-order valence-corrected chi connectivity index (χ4v) is 4.12. The van der Waals surface area contributed by atoms with Crippen LogP contribution in [0.25, 0.3) is 0 Å². The number of urea groups is 1. The summed E-state index contributed by atoms with van der Waals surface area (Å²) in [4.78, 5) is 29.1. The number of likely N-dealkylation sites (tertiary alicyclic amines) is 2. The number of methoxy groups -OCH3 is 1. The molecule has 3 amide bonds. The molecule has 27 heavy (non-hydrogen) atoms. The van der Waals surface area contributed by atoms with E-state index >= 15 is 0 Å². The van der Waals surface area contributed by atoms with Crippen molar-refractivity contribution in [2.24, 2.45) is 11.8 Å². The quantitative estimate of drug-likeness (QED) is 0.848. The molecule has 1 atom stereocenters. The van der Waals surface area contributed by atoms with Crippen LogP contribution in [-0.2, 0) is 4.79 Å². The highest BCUT2D eigenvalue weighted by Crippen LogP contribution is 2.29. The van der Waals surface area contributed by atoms with Gasteiger partial charge in [0.25, 0.3) is 0 Å². The van der Waals surface area contributed by atoms with E-state index in [0.717, 1.165) is 19.5 Å². The first-order valence-corrected chi connectivity index (χ1v) is 10.0. The molecule has 0 bridgehead atoms. The summed E-state index contributed by atoms with van der Waals surface area (Å²) in [5, 5.41) is 3.40. The number of nitrogens with one attached hydrogen (secondary N) is 1. The molecule has 148 valence electrons. The monoisotopic (exact) mass is 393 g/mol. The van der Waals surface area contributed by atoms with E-state index in [1.807, 2.05) is 4.90 Å². The number of hydrogen-bond acceptors (Lipinski definition) is 3. The summed E-state index contributed by atoms with van der Waals surface area (Å²) in [5.41, 5.74) is 0.551. The van der Waals surface area contributed by atoms with Gasteiger partial charge in [0, 0.05) is 37.1 Å². The van der Waals surface area contributed by atoms with Crippen molar-refractivity contribution in [3.05, 3.63) is 23.2 Å². The van der Waals surface area contributed by atoms with Gasteiger partial charge in [-0.05, 0) is 49.8 Å². The van der Waals surface area contributed by atoms with E-state index in [4.69, 9.17) is 16.3 Å². The van der Waals surface area contributed by atoms with E-state index in [2.05, 4.69) is 12.2 Å². The highest BCUT2D eigenvalue weighted by atomic mass is 35.5. The summed E-state index contributed by atoms with van der Waals surface area (Å²) >= 11 is 6.02. The number of carbonyl (C=O) groups is 2. The number of ether oxygens (including phenoxy) is 1. The fraction of sp³-hybridized carbons (Fsp3) is 0.600. The number of carbonyl (C=O) groups excluding carboxylic acids is 2. The van der Waals surface area contributed by atoms with Crippen molar-refractivity contribution in [1.82, 2.24) is 9.80 Å². The molecule has 2 aliphatic heterocycles. The molecular weight excluding hydrogens is 366 g/mol. The average molecular weight is 394 g/mol. The minimum absolute atomic E-state index is 0.0278. The Kier molecular flexibility index (Phi) is 6.47. The number of piperidine rings is 2. The summed E-state index contributed by atoms with van der Waals surface area (Å²) in [5.74, 6) is 1.44. The number of rotatable bonds is 3. The summed E-state index contributed by atoms with van der Waals surface area (Å²) in [6, 6.07) is 4.93. The van der Waals surface area contributed by atoms with E-state index in [0.29, 0.717) is 48.3 Å². The number of nitrogens with zero attached hydrogens (tertiary/aromatic N) is 2. The third kappa shape index (κ3) is 4.86. The lowest BCUT2D eigenvalue weighted by Crippen LogP contribution is -2.47. The summed E-state index contributed by atoms with van der Waals surface area (Å²) < 4.78 is 5.27. The molecule has 2 saturated heterocycles. The Morgan fingerprint density at radius 2 is 1.89 bits per heavy atom. The van der Waals surface area contributed by atoms with Gasteiger partial charge in [-0.25, -0.2) is 4.79 Å². The number of halogens is 1. The SMILES string of the molecule is COc1ccc(Cl)cc1NC(=O)N1CCC(C(=O)N2CCCC(C)C2)CC1. The van der Waals surface area contributed by atoms with Crippen LogP contribution >= 0.6 is 11.6 Å². The first-order chi connectivity index (χ1) is 13.0. The molecular formula is C20H28ClN3O3. The number of amides is 3. The van der Waals surface area contributed by atoms with Crippen LogP contribution in [0.2, 0.25) is 5.02 Å². The molecule has 1 unspecified atom stereocenters. The molecule has 7 heteroatoms. The number of anilines is 1. The minimum Gasteiger partial charge on any atom is -0.495 e. The van der Waals surface area contributed by atoms with Gasteiger partial charge in [-0.1, -0.05) is 18.5 Å². The summed E-state index contributed by atoms with van der Waals surface area (Å²) in [7, 11) is 1.55. The molecule has 0 radical (unpaired) electrons. The minimum atomic E-state index is -0.187. The predicted octanol–water partition coefficient (Wildman–Crippen LogP) is 3.85. The molecule has 6 nitrogen and oxygen atoms in total. The van der Waals surface area contributed by atoms with Crippen molar-refractivity contribution >= 4 is 29.2 Å². The Hall–Kier alpha value is -1.95. The van der Waals surface area contributed by atoms with Crippen LogP contribution in [0.4, 0.5) is 10.5 Å². The zero-order valence-electron chi connectivity index (χ0n) is 16.0. The van der Waals surface area contributed by atoms with Gasteiger partial charge in [0.1, 0.15) is 5.75 Å². The maximum Gasteiger partial charge on any atom is 0.321 e. The standard InChI is InChI=1S/C20H28ClN3O3/c1-14-4-3-9-24(13-14)19(25)15-7-10-23(11-8-15)20(26)22-17-12-16(21)5-6-18(17)27-2/h5-6,12,14-15H,3-4,7-11,13H2,1-2H3,(H,22,26). The van der Waals surface area contributed by atoms with Crippen LogP contribution in [0.15, 0.2) is 18.2 Å². The second-order valence-corrected chi connectivity index (χ2v) is 8.00. The molecule has 2 fully saturated rings. The van der Waals surface area contributed by atoms with Crippen molar-refractivity contribution in [2.45, 2.75) is 32.6 Å². The lowest BCUT2D eigenvalue weighted by atomic mass is 9.93. The van der Waals surface area contributed by atoms with Gasteiger partial charge in [0.2, 0.25) is 5.91 Å². The molecule has 1 N–H and O–H groups in total. The molecule has 3 rings (SSSR count). The van der Waals surface area contributed by atoms with E-state index in [1.165, 1.54) is 6.42 Å². The molecule has 0 spiro atoms. The zero-order chi connectivity index (χ0) is 19.4. The normalized spacial score (nSPS) is 21.1. The van der Waals surface area contributed by atoms with Gasteiger partial charge >= 0.3 is 6.03 Å². The van der Waals surface area contributed by atoms with Crippen molar-refractivity contribution in [1.29, 1.82) is 0 Å². The van der Waals surface area contributed by atoms with Gasteiger partial charge in [-0.3, -0.25) is 4.79 Å². The van der Waals surface area contributed by atoms with Crippen LogP contribution in [0.5, 0.6) is 5.75 Å². The topological polar surface area (TPSA) is 61.9 Å². The van der Waals surface area contributed by atoms with Gasteiger partial charge in [0.15, 0.2) is 0 Å². The van der Waals surface area contributed by atoms with Gasteiger partial charge < -0.3 is 19.9 Å². The van der Waals surface area contributed by atoms with E-state index in [9.17, 15) is 9.59 Å². The smallest absolute Gasteiger partial charge is 0.321 e. The van der Waals surface area contributed by atoms with Crippen molar-refractivity contribution < 1.29 is 14.3 Å². The maximum absolute atomic E-state index is 12.8. The Balaban J connectivity index is 1.53. The van der Waals surface area contributed by atoms with Crippen LogP contribution in [0.1, 0.15) is 32.6 Å². The average Bonchev–Trinajstić information content (AvgIpc) is 2.67. The fourth-order valence-electron chi connectivity index (χ4n) is 3.95. The predicted molar refractivity (Wildman–Crippen MR) is 106 cm³/mol. The Morgan fingerprint density at radius 3 is 2.56 bits per heavy atom. The molecule has 0 aliphatic carbocycles.